The second-order valence-corrected chi connectivity index (χ2v) is 5.83. The fourth-order valence-electron chi connectivity index (χ4n) is 2.13. The van der Waals surface area contributed by atoms with Gasteiger partial charge in [-0.1, -0.05) is 30.3 Å². The highest BCUT2D eigenvalue weighted by atomic mass is 79.9. The highest BCUT2D eigenvalue weighted by Gasteiger charge is 2.09. The number of ether oxygens (including phenoxy) is 1. The normalized spacial score (nSPS) is 11.0. The van der Waals surface area contributed by atoms with Crippen LogP contribution in [0.25, 0.3) is 0 Å². The van der Waals surface area contributed by atoms with Crippen LogP contribution in [0.5, 0.6) is 0 Å². The van der Waals surface area contributed by atoms with Gasteiger partial charge < -0.3 is 10.1 Å². The van der Waals surface area contributed by atoms with E-state index < -0.39 is 0 Å². The van der Waals surface area contributed by atoms with E-state index in [-0.39, 0.29) is 0 Å². The molecule has 2 rings (SSSR count). The fraction of sp³-hybridized carbons (Fsp3) is 0.438. The van der Waals surface area contributed by atoms with Crippen LogP contribution in [0.2, 0.25) is 0 Å². The molecule has 0 aliphatic heterocycles. The Hall–Kier alpha value is -1.17. The number of nitrogens with zero attached hydrogens (tertiary/aromatic N) is 2. The largest absolute Gasteiger partial charge is 0.375 e. The number of aryl methyl sites for hydroxylation is 2. The third-order valence-electron chi connectivity index (χ3n) is 3.31. The maximum atomic E-state index is 5.72. The lowest BCUT2D eigenvalue weighted by atomic mass is 10.2. The molecule has 0 aliphatic carbocycles. The summed E-state index contributed by atoms with van der Waals surface area (Å²) >= 11 is 3.55. The van der Waals surface area contributed by atoms with E-state index in [0.717, 1.165) is 42.0 Å². The van der Waals surface area contributed by atoms with Crippen molar-refractivity contribution in [3.63, 3.8) is 0 Å². The molecule has 1 aromatic carbocycles. The molecule has 1 aromatic heterocycles. The first-order valence-electron chi connectivity index (χ1n) is 7.19. The average molecular weight is 352 g/mol. The Morgan fingerprint density at radius 3 is 2.71 bits per heavy atom. The smallest absolute Gasteiger partial charge is 0.0896 e. The summed E-state index contributed by atoms with van der Waals surface area (Å²) in [6, 6.07) is 10.4. The van der Waals surface area contributed by atoms with Crippen LogP contribution in [0.1, 0.15) is 23.4 Å². The minimum atomic E-state index is 0.594. The lowest BCUT2D eigenvalue weighted by Crippen LogP contribution is -2.16. The SMILES string of the molecule is Cc1nn(C)c(COCCCNCc2ccccc2)c1Br. The molecule has 0 fully saturated rings. The molecule has 0 bridgehead atoms. The van der Waals surface area contributed by atoms with Gasteiger partial charge in [-0.2, -0.15) is 5.10 Å². The highest BCUT2D eigenvalue weighted by Crippen LogP contribution is 2.20. The van der Waals surface area contributed by atoms with Gasteiger partial charge in [0.15, 0.2) is 0 Å². The first kappa shape index (κ1) is 16.2. The molecule has 1 heterocycles. The molecule has 0 unspecified atom stereocenters. The molecule has 4 nitrogen and oxygen atoms in total. The van der Waals surface area contributed by atoms with E-state index in [0.29, 0.717) is 6.61 Å². The molecule has 0 saturated carbocycles. The Labute approximate surface area is 134 Å². The van der Waals surface area contributed by atoms with Gasteiger partial charge in [-0.15, -0.1) is 0 Å². The van der Waals surface area contributed by atoms with Gasteiger partial charge in [0, 0.05) is 20.2 Å². The van der Waals surface area contributed by atoms with Crippen molar-refractivity contribution in [2.75, 3.05) is 13.2 Å². The van der Waals surface area contributed by atoms with Crippen LogP contribution in [0.3, 0.4) is 0 Å². The van der Waals surface area contributed by atoms with E-state index >= 15 is 0 Å². The van der Waals surface area contributed by atoms with Crippen LogP contribution in [0, 0.1) is 6.92 Å². The Morgan fingerprint density at radius 1 is 1.29 bits per heavy atom. The number of hydrogen-bond donors (Lipinski definition) is 1. The monoisotopic (exact) mass is 351 g/mol. The second kappa shape index (κ2) is 8.32. The standard InChI is InChI=1S/C16H22BrN3O/c1-13-16(17)15(20(2)19-13)12-21-10-6-9-18-11-14-7-4-3-5-8-14/h3-5,7-8,18H,6,9-12H2,1-2H3. The summed E-state index contributed by atoms with van der Waals surface area (Å²) < 4.78 is 8.63. The molecule has 0 atom stereocenters. The van der Waals surface area contributed by atoms with Crippen molar-refractivity contribution in [2.24, 2.45) is 7.05 Å². The summed E-state index contributed by atoms with van der Waals surface area (Å²) in [5.41, 5.74) is 3.40. The molecular formula is C16H22BrN3O. The van der Waals surface area contributed by atoms with Gasteiger partial charge in [0.2, 0.25) is 0 Å². The molecule has 1 N–H and O–H groups in total. The van der Waals surface area contributed by atoms with E-state index in [1.807, 2.05) is 24.7 Å². The van der Waals surface area contributed by atoms with Gasteiger partial charge in [0.1, 0.15) is 0 Å². The summed E-state index contributed by atoms with van der Waals surface area (Å²) in [7, 11) is 1.94. The predicted octanol–water partition coefficient (Wildman–Crippen LogP) is 3.19. The van der Waals surface area contributed by atoms with Gasteiger partial charge in [0.25, 0.3) is 0 Å². The number of rotatable bonds is 8. The quantitative estimate of drug-likeness (QED) is 0.742. The van der Waals surface area contributed by atoms with Crippen LogP contribution in [0.4, 0.5) is 0 Å². The topological polar surface area (TPSA) is 39.1 Å². The zero-order valence-corrected chi connectivity index (χ0v) is 14.2. The predicted molar refractivity (Wildman–Crippen MR) is 88.1 cm³/mol. The molecule has 2 aromatic rings. The molecule has 0 aliphatic rings. The Bertz CT molecular complexity index is 554. The van der Waals surface area contributed by atoms with Crippen LogP contribution >= 0.6 is 15.9 Å². The zero-order chi connectivity index (χ0) is 15.1. The number of benzene rings is 1. The van der Waals surface area contributed by atoms with Crippen molar-refractivity contribution in [2.45, 2.75) is 26.5 Å². The van der Waals surface area contributed by atoms with Crippen LogP contribution < -0.4 is 5.32 Å². The molecule has 114 valence electrons. The maximum Gasteiger partial charge on any atom is 0.0896 e. The van der Waals surface area contributed by atoms with Crippen molar-refractivity contribution < 1.29 is 4.74 Å². The summed E-state index contributed by atoms with van der Waals surface area (Å²) in [4.78, 5) is 0. The van der Waals surface area contributed by atoms with Crippen molar-refractivity contribution in [3.8, 4) is 0 Å². The van der Waals surface area contributed by atoms with Crippen LogP contribution in [-0.4, -0.2) is 22.9 Å². The third kappa shape index (κ3) is 4.95. The first-order chi connectivity index (χ1) is 10.2. The van der Waals surface area contributed by atoms with Gasteiger partial charge >= 0.3 is 0 Å². The first-order valence-corrected chi connectivity index (χ1v) is 7.98. The Kier molecular flexibility index (Phi) is 6.42. The number of aromatic nitrogens is 2. The molecule has 0 radical (unpaired) electrons. The van der Waals surface area contributed by atoms with Gasteiger partial charge in [-0.3, -0.25) is 4.68 Å². The fourth-order valence-corrected chi connectivity index (χ4v) is 2.58. The van der Waals surface area contributed by atoms with Crippen molar-refractivity contribution in [1.29, 1.82) is 0 Å². The van der Waals surface area contributed by atoms with Crippen molar-refractivity contribution >= 4 is 15.9 Å². The van der Waals surface area contributed by atoms with E-state index in [2.05, 4.69) is 50.6 Å². The van der Waals surface area contributed by atoms with Crippen LogP contribution in [0.15, 0.2) is 34.8 Å². The minimum absolute atomic E-state index is 0.594. The molecular weight excluding hydrogens is 330 g/mol. The van der Waals surface area contributed by atoms with E-state index in [4.69, 9.17) is 4.74 Å². The second-order valence-electron chi connectivity index (χ2n) is 5.04. The average Bonchev–Trinajstić information content (AvgIpc) is 2.73. The molecule has 0 amide bonds. The highest BCUT2D eigenvalue weighted by molar-refractivity contribution is 9.10. The Morgan fingerprint density at radius 2 is 2.05 bits per heavy atom. The van der Waals surface area contributed by atoms with Gasteiger partial charge in [-0.05, 0) is 41.4 Å². The van der Waals surface area contributed by atoms with Crippen molar-refractivity contribution in [3.05, 3.63) is 51.8 Å². The Balaban J connectivity index is 1.58. The summed E-state index contributed by atoms with van der Waals surface area (Å²) in [6.45, 7) is 5.20. The van der Waals surface area contributed by atoms with E-state index in [1.165, 1.54) is 5.56 Å². The number of halogens is 1. The van der Waals surface area contributed by atoms with Crippen LogP contribution in [-0.2, 0) is 24.9 Å². The van der Waals surface area contributed by atoms with E-state index in [1.54, 1.807) is 0 Å². The lowest BCUT2D eigenvalue weighted by Gasteiger charge is -2.07. The molecule has 0 saturated heterocycles. The molecule has 5 heteroatoms. The maximum absolute atomic E-state index is 5.72. The molecule has 21 heavy (non-hydrogen) atoms. The number of hydrogen-bond acceptors (Lipinski definition) is 3. The summed E-state index contributed by atoms with van der Waals surface area (Å²) in [6.07, 6.45) is 1.00. The van der Waals surface area contributed by atoms with Crippen molar-refractivity contribution in [1.82, 2.24) is 15.1 Å². The zero-order valence-electron chi connectivity index (χ0n) is 12.6. The molecule has 0 spiro atoms. The summed E-state index contributed by atoms with van der Waals surface area (Å²) in [5, 5.41) is 7.77. The van der Waals surface area contributed by atoms with Gasteiger partial charge in [-0.25, -0.2) is 0 Å². The van der Waals surface area contributed by atoms with Gasteiger partial charge in [0.05, 0.1) is 22.5 Å². The van der Waals surface area contributed by atoms with E-state index in [9.17, 15) is 0 Å². The summed E-state index contributed by atoms with van der Waals surface area (Å²) in [5.74, 6) is 0. The minimum Gasteiger partial charge on any atom is -0.375 e. The number of nitrogens with one attached hydrogen (secondary N) is 1. The third-order valence-corrected chi connectivity index (χ3v) is 4.35. The lowest BCUT2D eigenvalue weighted by molar-refractivity contribution is 0.113.